The van der Waals surface area contributed by atoms with E-state index in [0.717, 1.165) is 6.07 Å². The molecule has 16 heavy (non-hydrogen) atoms. The molecule has 0 saturated carbocycles. The summed E-state index contributed by atoms with van der Waals surface area (Å²) in [5.41, 5.74) is 0. The standard InChI is InChI=1S/C10H5ClF2N2O/c11-6-3-1-2-4-7(6)16-9-5-8(12)14-10(13)15-9/h1-5H. The highest BCUT2D eigenvalue weighted by Gasteiger charge is 2.07. The van der Waals surface area contributed by atoms with Crippen LogP contribution in [0.2, 0.25) is 5.02 Å². The fourth-order valence-electron chi connectivity index (χ4n) is 1.06. The number of rotatable bonds is 2. The lowest BCUT2D eigenvalue weighted by Crippen LogP contribution is -1.96. The van der Waals surface area contributed by atoms with Crippen molar-refractivity contribution in [2.75, 3.05) is 0 Å². The Morgan fingerprint density at radius 2 is 1.88 bits per heavy atom. The van der Waals surface area contributed by atoms with Gasteiger partial charge in [0.05, 0.1) is 11.1 Å². The van der Waals surface area contributed by atoms with Gasteiger partial charge in [-0.05, 0) is 12.1 Å². The van der Waals surface area contributed by atoms with Crippen LogP contribution in [0.3, 0.4) is 0 Å². The van der Waals surface area contributed by atoms with Gasteiger partial charge in [0.2, 0.25) is 11.8 Å². The molecule has 0 atom stereocenters. The molecule has 0 unspecified atom stereocenters. The Balaban J connectivity index is 2.30. The lowest BCUT2D eigenvalue weighted by Gasteiger charge is -2.05. The van der Waals surface area contributed by atoms with Crippen molar-refractivity contribution in [2.45, 2.75) is 0 Å². The van der Waals surface area contributed by atoms with Gasteiger partial charge in [-0.3, -0.25) is 0 Å². The second-order valence-corrected chi connectivity index (χ2v) is 3.24. The number of aromatic nitrogens is 2. The molecule has 0 aliphatic carbocycles. The summed E-state index contributed by atoms with van der Waals surface area (Å²) in [4.78, 5) is 6.11. The smallest absolute Gasteiger partial charge is 0.314 e. The Kier molecular flexibility index (Phi) is 2.96. The van der Waals surface area contributed by atoms with Crippen molar-refractivity contribution in [1.82, 2.24) is 9.97 Å². The summed E-state index contributed by atoms with van der Waals surface area (Å²) < 4.78 is 30.5. The quantitative estimate of drug-likeness (QED) is 0.599. The fourth-order valence-corrected chi connectivity index (χ4v) is 1.24. The molecule has 3 nitrogen and oxygen atoms in total. The average Bonchev–Trinajstić information content (AvgIpc) is 2.20. The van der Waals surface area contributed by atoms with E-state index < -0.39 is 12.0 Å². The molecule has 0 aliphatic heterocycles. The van der Waals surface area contributed by atoms with Gasteiger partial charge in [0, 0.05) is 0 Å². The van der Waals surface area contributed by atoms with Crippen molar-refractivity contribution >= 4 is 11.6 Å². The zero-order valence-electron chi connectivity index (χ0n) is 7.82. The fraction of sp³-hybridized carbons (Fsp3) is 0. The highest BCUT2D eigenvalue weighted by molar-refractivity contribution is 6.32. The molecule has 0 spiro atoms. The van der Waals surface area contributed by atoms with Gasteiger partial charge < -0.3 is 4.74 Å². The van der Waals surface area contributed by atoms with E-state index in [1.165, 1.54) is 0 Å². The summed E-state index contributed by atoms with van der Waals surface area (Å²) in [5, 5.41) is 0.321. The van der Waals surface area contributed by atoms with Gasteiger partial charge in [-0.1, -0.05) is 23.7 Å². The topological polar surface area (TPSA) is 35.0 Å². The van der Waals surface area contributed by atoms with Crippen LogP contribution in [0.5, 0.6) is 11.6 Å². The highest BCUT2D eigenvalue weighted by atomic mass is 35.5. The molecule has 0 aliphatic rings. The zero-order valence-corrected chi connectivity index (χ0v) is 8.58. The van der Waals surface area contributed by atoms with Crippen molar-refractivity contribution in [2.24, 2.45) is 0 Å². The predicted octanol–water partition coefficient (Wildman–Crippen LogP) is 3.20. The van der Waals surface area contributed by atoms with E-state index in [1.807, 2.05) is 0 Å². The van der Waals surface area contributed by atoms with Crippen molar-refractivity contribution in [1.29, 1.82) is 0 Å². The number of halogens is 3. The molecule has 1 aromatic carbocycles. The molecule has 2 rings (SSSR count). The Morgan fingerprint density at radius 3 is 2.56 bits per heavy atom. The molecule has 0 radical (unpaired) electrons. The third-order valence-corrected chi connectivity index (χ3v) is 2.01. The third kappa shape index (κ3) is 2.43. The summed E-state index contributed by atoms with van der Waals surface area (Å²) in [6.45, 7) is 0. The number of benzene rings is 1. The Hall–Kier alpha value is -1.75. The number of hydrogen-bond donors (Lipinski definition) is 0. The van der Waals surface area contributed by atoms with Crippen molar-refractivity contribution in [3.63, 3.8) is 0 Å². The minimum absolute atomic E-state index is 0.238. The van der Waals surface area contributed by atoms with Crippen LogP contribution in [0, 0.1) is 12.0 Å². The van der Waals surface area contributed by atoms with Gasteiger partial charge in [-0.15, -0.1) is 0 Å². The Morgan fingerprint density at radius 1 is 1.12 bits per heavy atom. The van der Waals surface area contributed by atoms with Gasteiger partial charge in [0.25, 0.3) is 0 Å². The minimum Gasteiger partial charge on any atom is -0.437 e. The summed E-state index contributed by atoms with van der Waals surface area (Å²) >= 11 is 5.80. The predicted molar refractivity (Wildman–Crippen MR) is 53.5 cm³/mol. The van der Waals surface area contributed by atoms with Crippen LogP contribution >= 0.6 is 11.6 Å². The van der Waals surface area contributed by atoms with E-state index in [1.54, 1.807) is 24.3 Å². The molecular formula is C10H5ClF2N2O. The van der Waals surface area contributed by atoms with Crippen LogP contribution < -0.4 is 4.74 Å². The molecule has 1 aromatic heterocycles. The molecule has 0 fully saturated rings. The lowest BCUT2D eigenvalue weighted by atomic mass is 10.3. The van der Waals surface area contributed by atoms with E-state index in [9.17, 15) is 8.78 Å². The van der Waals surface area contributed by atoms with Crippen LogP contribution in [0.15, 0.2) is 30.3 Å². The summed E-state index contributed by atoms with van der Waals surface area (Å²) in [6.07, 6.45) is -1.19. The number of hydrogen-bond acceptors (Lipinski definition) is 3. The largest absolute Gasteiger partial charge is 0.437 e. The van der Waals surface area contributed by atoms with Gasteiger partial charge in [0.15, 0.2) is 0 Å². The maximum Gasteiger partial charge on any atom is 0.314 e. The summed E-state index contributed by atoms with van der Waals surface area (Å²) in [7, 11) is 0. The lowest BCUT2D eigenvalue weighted by molar-refractivity contribution is 0.413. The number of ether oxygens (including phenoxy) is 1. The second kappa shape index (κ2) is 4.40. The van der Waals surface area contributed by atoms with Gasteiger partial charge in [-0.2, -0.15) is 18.7 Å². The Labute approximate surface area is 94.7 Å². The monoisotopic (exact) mass is 242 g/mol. The van der Waals surface area contributed by atoms with Crippen molar-refractivity contribution in [3.8, 4) is 11.6 Å². The number of nitrogens with zero attached hydrogens (tertiary/aromatic N) is 2. The van der Waals surface area contributed by atoms with E-state index in [2.05, 4.69) is 9.97 Å². The third-order valence-electron chi connectivity index (χ3n) is 1.70. The van der Waals surface area contributed by atoms with Crippen LogP contribution in [0.4, 0.5) is 8.78 Å². The maximum atomic E-state index is 12.7. The van der Waals surface area contributed by atoms with E-state index >= 15 is 0 Å². The van der Waals surface area contributed by atoms with Gasteiger partial charge in [0.1, 0.15) is 5.75 Å². The van der Waals surface area contributed by atoms with Gasteiger partial charge in [-0.25, -0.2) is 0 Å². The Bertz CT molecular complexity index is 502. The molecule has 2 aromatic rings. The van der Waals surface area contributed by atoms with E-state index in [4.69, 9.17) is 16.3 Å². The first kappa shape index (κ1) is 10.8. The van der Waals surface area contributed by atoms with Crippen molar-refractivity contribution in [3.05, 3.63) is 47.4 Å². The van der Waals surface area contributed by atoms with Crippen LogP contribution in [0.25, 0.3) is 0 Å². The molecule has 82 valence electrons. The first-order valence-electron chi connectivity index (χ1n) is 4.27. The normalized spacial score (nSPS) is 10.2. The minimum atomic E-state index is -1.19. The highest BCUT2D eigenvalue weighted by Crippen LogP contribution is 2.27. The summed E-state index contributed by atoms with van der Waals surface area (Å²) in [5.74, 6) is -0.977. The zero-order chi connectivity index (χ0) is 11.5. The molecule has 0 saturated heterocycles. The second-order valence-electron chi connectivity index (χ2n) is 2.83. The molecule has 0 amide bonds. The van der Waals surface area contributed by atoms with E-state index in [-0.39, 0.29) is 11.6 Å². The van der Waals surface area contributed by atoms with Gasteiger partial charge >= 0.3 is 6.08 Å². The first-order valence-corrected chi connectivity index (χ1v) is 4.65. The first-order chi connectivity index (χ1) is 7.65. The van der Waals surface area contributed by atoms with Crippen molar-refractivity contribution < 1.29 is 13.5 Å². The number of para-hydroxylation sites is 1. The average molecular weight is 243 g/mol. The van der Waals surface area contributed by atoms with Crippen LogP contribution in [0.1, 0.15) is 0 Å². The molecule has 0 N–H and O–H groups in total. The molecular weight excluding hydrogens is 238 g/mol. The van der Waals surface area contributed by atoms with Crippen LogP contribution in [-0.2, 0) is 0 Å². The SMILES string of the molecule is Fc1cc(Oc2ccccc2Cl)nc(F)n1. The van der Waals surface area contributed by atoms with Crippen LogP contribution in [-0.4, -0.2) is 9.97 Å². The molecule has 0 bridgehead atoms. The van der Waals surface area contributed by atoms with E-state index in [0.29, 0.717) is 5.02 Å². The molecule has 6 heteroatoms. The summed E-state index contributed by atoms with van der Waals surface area (Å²) in [6, 6.07) is 7.39. The maximum absolute atomic E-state index is 12.7. The molecule has 1 heterocycles.